The smallest absolute Gasteiger partial charge is 0.274 e. The Kier molecular flexibility index (Phi) is 4.02. The fourth-order valence-corrected chi connectivity index (χ4v) is 4.24. The maximum absolute atomic E-state index is 12.9. The lowest BCUT2D eigenvalue weighted by atomic mass is 9.84. The highest BCUT2D eigenvalue weighted by Crippen LogP contribution is 2.32. The number of aromatic nitrogens is 3. The average molecular weight is 312 g/mol. The first-order chi connectivity index (χ1) is 11.3. The second kappa shape index (κ2) is 6.30. The summed E-state index contributed by atoms with van der Waals surface area (Å²) in [5.41, 5.74) is 0.527. The minimum atomic E-state index is 0.0776. The molecule has 1 saturated heterocycles. The van der Waals surface area contributed by atoms with Crippen molar-refractivity contribution >= 4 is 11.7 Å². The van der Waals surface area contributed by atoms with Gasteiger partial charge in [-0.1, -0.05) is 32.1 Å². The van der Waals surface area contributed by atoms with Gasteiger partial charge in [0.1, 0.15) is 5.69 Å². The van der Waals surface area contributed by atoms with Crippen LogP contribution in [0.2, 0.25) is 0 Å². The number of hydrogen-bond acceptors (Lipinski definition) is 3. The fraction of sp³-hybridized carbons (Fsp3) is 0.611. The van der Waals surface area contributed by atoms with E-state index in [4.69, 9.17) is 0 Å². The fourth-order valence-electron chi connectivity index (χ4n) is 4.24. The zero-order valence-corrected chi connectivity index (χ0v) is 13.5. The zero-order valence-electron chi connectivity index (χ0n) is 13.5. The molecule has 4 rings (SSSR count). The van der Waals surface area contributed by atoms with E-state index >= 15 is 0 Å². The Bertz CT molecular complexity index is 656. The first-order valence-corrected chi connectivity index (χ1v) is 8.92. The third-order valence-corrected chi connectivity index (χ3v) is 5.42. The monoisotopic (exact) mass is 312 g/mol. The van der Waals surface area contributed by atoms with E-state index in [2.05, 4.69) is 14.9 Å². The molecule has 1 saturated carbocycles. The molecule has 2 aliphatic rings. The molecule has 1 aliphatic carbocycles. The van der Waals surface area contributed by atoms with Crippen molar-refractivity contribution in [3.63, 3.8) is 0 Å². The molecule has 0 unspecified atom stereocenters. The number of carbonyl (C=O) groups is 1. The molecular weight excluding hydrogens is 288 g/mol. The highest BCUT2D eigenvalue weighted by Gasteiger charge is 2.32. The Hall–Kier alpha value is -1.91. The van der Waals surface area contributed by atoms with E-state index in [-0.39, 0.29) is 5.91 Å². The standard InChI is InChI=1S/C18H24N4O/c23-17(16-13-21-10-5-9-19-18(21)20-16)22-11-4-8-15(22)12-14-6-2-1-3-7-14/h5,9-10,13-15H,1-4,6-8,11-12H2/t15-/m0/s1. The van der Waals surface area contributed by atoms with Crippen LogP contribution in [0.25, 0.3) is 5.78 Å². The first kappa shape index (κ1) is 14.7. The van der Waals surface area contributed by atoms with Gasteiger partial charge in [0.2, 0.25) is 5.78 Å². The number of amides is 1. The lowest BCUT2D eigenvalue weighted by Gasteiger charge is -2.29. The highest BCUT2D eigenvalue weighted by molar-refractivity contribution is 5.93. The summed E-state index contributed by atoms with van der Waals surface area (Å²) in [6.45, 7) is 0.873. The lowest BCUT2D eigenvalue weighted by molar-refractivity contribution is 0.0706. The van der Waals surface area contributed by atoms with Crippen molar-refractivity contribution in [1.82, 2.24) is 19.3 Å². The second-order valence-corrected chi connectivity index (χ2v) is 6.99. The third kappa shape index (κ3) is 2.96. The number of likely N-dealkylation sites (tertiary alicyclic amines) is 1. The Balaban J connectivity index is 1.49. The van der Waals surface area contributed by atoms with E-state index in [1.54, 1.807) is 12.4 Å². The van der Waals surface area contributed by atoms with Gasteiger partial charge in [-0.25, -0.2) is 9.97 Å². The van der Waals surface area contributed by atoms with Gasteiger partial charge < -0.3 is 4.90 Å². The molecule has 2 aromatic heterocycles. The van der Waals surface area contributed by atoms with Crippen molar-refractivity contribution in [1.29, 1.82) is 0 Å². The molecule has 0 aromatic carbocycles. The van der Waals surface area contributed by atoms with Crippen LogP contribution in [0, 0.1) is 5.92 Å². The summed E-state index contributed by atoms with van der Waals surface area (Å²) in [7, 11) is 0. The van der Waals surface area contributed by atoms with Crippen molar-refractivity contribution in [2.24, 2.45) is 5.92 Å². The predicted octanol–water partition coefficient (Wildman–Crippen LogP) is 3.30. The quantitative estimate of drug-likeness (QED) is 0.873. The van der Waals surface area contributed by atoms with Crippen molar-refractivity contribution in [3.8, 4) is 0 Å². The van der Waals surface area contributed by atoms with Crippen molar-refractivity contribution in [2.45, 2.75) is 57.4 Å². The topological polar surface area (TPSA) is 50.5 Å². The van der Waals surface area contributed by atoms with E-state index in [1.165, 1.54) is 38.5 Å². The molecule has 5 nitrogen and oxygen atoms in total. The third-order valence-electron chi connectivity index (χ3n) is 5.42. The number of hydrogen-bond donors (Lipinski definition) is 0. The number of imidazole rings is 1. The van der Waals surface area contributed by atoms with Crippen LogP contribution in [-0.2, 0) is 0 Å². The molecular formula is C18H24N4O. The lowest BCUT2D eigenvalue weighted by Crippen LogP contribution is -2.37. The largest absolute Gasteiger partial charge is 0.334 e. The van der Waals surface area contributed by atoms with Crippen LogP contribution in [-0.4, -0.2) is 37.8 Å². The Labute approximate surface area is 136 Å². The van der Waals surface area contributed by atoms with Crippen LogP contribution >= 0.6 is 0 Å². The summed E-state index contributed by atoms with van der Waals surface area (Å²) in [4.78, 5) is 23.6. The number of rotatable bonds is 3. The molecule has 23 heavy (non-hydrogen) atoms. The van der Waals surface area contributed by atoms with Crippen LogP contribution < -0.4 is 0 Å². The molecule has 5 heteroatoms. The van der Waals surface area contributed by atoms with Crippen molar-refractivity contribution in [2.75, 3.05) is 6.54 Å². The zero-order chi connectivity index (χ0) is 15.6. The van der Waals surface area contributed by atoms with Crippen LogP contribution in [0.5, 0.6) is 0 Å². The second-order valence-electron chi connectivity index (χ2n) is 6.99. The molecule has 1 aliphatic heterocycles. The Morgan fingerprint density at radius 1 is 1.17 bits per heavy atom. The average Bonchev–Trinajstić information content (AvgIpc) is 3.21. The van der Waals surface area contributed by atoms with Crippen LogP contribution in [0.3, 0.4) is 0 Å². The van der Waals surface area contributed by atoms with E-state index in [9.17, 15) is 4.79 Å². The minimum absolute atomic E-state index is 0.0776. The molecule has 0 bridgehead atoms. The summed E-state index contributed by atoms with van der Waals surface area (Å²) in [5.74, 6) is 1.48. The summed E-state index contributed by atoms with van der Waals surface area (Å²) >= 11 is 0. The van der Waals surface area contributed by atoms with Gasteiger partial charge in [-0.2, -0.15) is 0 Å². The molecule has 0 radical (unpaired) electrons. The number of carbonyl (C=O) groups excluding carboxylic acids is 1. The number of nitrogens with zero attached hydrogens (tertiary/aromatic N) is 4. The number of fused-ring (bicyclic) bond motifs is 1. The van der Waals surface area contributed by atoms with Gasteiger partial charge in [-0.05, 0) is 31.2 Å². The molecule has 1 amide bonds. The first-order valence-electron chi connectivity index (χ1n) is 8.92. The molecule has 0 N–H and O–H groups in total. The van der Waals surface area contributed by atoms with Gasteiger partial charge >= 0.3 is 0 Å². The van der Waals surface area contributed by atoms with Crippen LogP contribution in [0.1, 0.15) is 61.9 Å². The van der Waals surface area contributed by atoms with E-state index < -0.39 is 0 Å². The molecule has 3 heterocycles. The summed E-state index contributed by atoms with van der Waals surface area (Å²) in [6, 6.07) is 2.26. The van der Waals surface area contributed by atoms with Gasteiger partial charge in [0.15, 0.2) is 0 Å². The summed E-state index contributed by atoms with van der Waals surface area (Å²) in [6.07, 6.45) is 15.6. The summed E-state index contributed by atoms with van der Waals surface area (Å²) in [5, 5.41) is 0. The molecule has 0 spiro atoms. The van der Waals surface area contributed by atoms with Crippen molar-refractivity contribution < 1.29 is 4.79 Å². The maximum Gasteiger partial charge on any atom is 0.274 e. The highest BCUT2D eigenvalue weighted by atomic mass is 16.2. The Morgan fingerprint density at radius 3 is 2.87 bits per heavy atom. The van der Waals surface area contributed by atoms with Crippen LogP contribution in [0.4, 0.5) is 0 Å². The SMILES string of the molecule is O=C(c1cn2cccnc2n1)N1CCC[C@H]1CC1CCCCC1. The van der Waals surface area contributed by atoms with Gasteiger partial charge in [0.05, 0.1) is 0 Å². The molecule has 122 valence electrons. The van der Waals surface area contributed by atoms with E-state index in [1.807, 2.05) is 16.7 Å². The summed E-state index contributed by atoms with van der Waals surface area (Å²) < 4.78 is 1.82. The van der Waals surface area contributed by atoms with Gasteiger partial charge in [-0.15, -0.1) is 0 Å². The van der Waals surface area contributed by atoms with E-state index in [0.29, 0.717) is 17.5 Å². The molecule has 2 aromatic rings. The minimum Gasteiger partial charge on any atom is -0.334 e. The van der Waals surface area contributed by atoms with Gasteiger partial charge in [-0.3, -0.25) is 9.20 Å². The Morgan fingerprint density at radius 2 is 2.04 bits per heavy atom. The maximum atomic E-state index is 12.9. The van der Waals surface area contributed by atoms with Gasteiger partial charge in [0, 0.05) is 31.2 Å². The normalized spacial score (nSPS) is 22.8. The van der Waals surface area contributed by atoms with Crippen molar-refractivity contribution in [3.05, 3.63) is 30.4 Å². The van der Waals surface area contributed by atoms with E-state index in [0.717, 1.165) is 25.3 Å². The van der Waals surface area contributed by atoms with Gasteiger partial charge in [0.25, 0.3) is 5.91 Å². The predicted molar refractivity (Wildman–Crippen MR) is 88.2 cm³/mol. The van der Waals surface area contributed by atoms with Crippen LogP contribution in [0.15, 0.2) is 24.7 Å². The molecule has 1 atom stereocenters. The molecule has 2 fully saturated rings.